The number of nitrogens with one attached hydrogen (secondary N) is 1. The molecule has 3 aromatic rings. The van der Waals surface area contributed by atoms with Gasteiger partial charge in [0.25, 0.3) is 10.0 Å². The Bertz CT molecular complexity index is 1250. The van der Waals surface area contributed by atoms with Gasteiger partial charge >= 0.3 is 0 Å². The Balaban J connectivity index is 1.41. The van der Waals surface area contributed by atoms with Crippen molar-refractivity contribution >= 4 is 38.1 Å². The lowest BCUT2D eigenvalue weighted by molar-refractivity contribution is -0.122. The highest BCUT2D eigenvalue weighted by molar-refractivity contribution is 7.92. The molecule has 0 unspecified atom stereocenters. The number of benzene rings is 2. The zero-order valence-corrected chi connectivity index (χ0v) is 18.8. The maximum Gasteiger partial charge on any atom is 0.264 e. The van der Waals surface area contributed by atoms with Gasteiger partial charge in [-0.3, -0.25) is 9.10 Å². The molecular weight excluding hydrogens is 430 g/mol. The van der Waals surface area contributed by atoms with Crippen molar-refractivity contribution < 1.29 is 13.2 Å². The molecule has 0 radical (unpaired) electrons. The smallest absolute Gasteiger partial charge is 0.264 e. The largest absolute Gasteiger partial charge is 0.302 e. The molecule has 1 amide bonds. The third-order valence-electron chi connectivity index (χ3n) is 6.04. The Kier molecular flexibility index (Phi) is 5.06. The van der Waals surface area contributed by atoms with Gasteiger partial charge < -0.3 is 5.32 Å². The Labute approximate surface area is 186 Å². The third-order valence-corrected chi connectivity index (χ3v) is 8.75. The summed E-state index contributed by atoms with van der Waals surface area (Å²) in [5.41, 5.74) is 3.49. The quantitative estimate of drug-likeness (QED) is 0.612. The van der Waals surface area contributed by atoms with Crippen LogP contribution in [0.2, 0.25) is 0 Å². The van der Waals surface area contributed by atoms with Gasteiger partial charge in [0, 0.05) is 22.9 Å². The van der Waals surface area contributed by atoms with Gasteiger partial charge in [-0.05, 0) is 56.0 Å². The van der Waals surface area contributed by atoms with E-state index in [9.17, 15) is 13.2 Å². The number of sulfonamides is 1. The van der Waals surface area contributed by atoms with Crippen molar-refractivity contribution in [2.75, 3.05) is 16.2 Å². The first-order valence-electron chi connectivity index (χ1n) is 10.4. The van der Waals surface area contributed by atoms with Crippen LogP contribution in [0.25, 0.3) is 11.3 Å². The first-order valence-corrected chi connectivity index (χ1v) is 12.7. The number of aromatic nitrogens is 1. The van der Waals surface area contributed by atoms with Gasteiger partial charge in [-0.25, -0.2) is 13.4 Å². The molecule has 1 aliphatic heterocycles. The second-order valence-corrected chi connectivity index (χ2v) is 11.1. The van der Waals surface area contributed by atoms with Gasteiger partial charge in [-0.2, -0.15) is 0 Å². The number of rotatable bonds is 5. The number of hydrogen-bond donors (Lipinski definition) is 1. The van der Waals surface area contributed by atoms with Crippen molar-refractivity contribution in [3.05, 3.63) is 59.0 Å². The van der Waals surface area contributed by atoms with E-state index in [-0.39, 0.29) is 11.8 Å². The monoisotopic (exact) mass is 453 g/mol. The molecule has 1 aromatic heterocycles. The number of anilines is 2. The van der Waals surface area contributed by atoms with Crippen molar-refractivity contribution in [1.29, 1.82) is 0 Å². The second kappa shape index (κ2) is 7.76. The van der Waals surface area contributed by atoms with Crippen molar-refractivity contribution in [3.8, 4) is 11.3 Å². The number of carbonyl (C=O) groups is 1. The number of hydrogen-bond acceptors (Lipinski definition) is 5. The molecule has 0 saturated heterocycles. The molecule has 8 heteroatoms. The van der Waals surface area contributed by atoms with E-state index in [1.807, 2.05) is 31.2 Å². The van der Waals surface area contributed by atoms with E-state index in [2.05, 4.69) is 10.3 Å². The molecule has 1 N–H and O–H groups in total. The van der Waals surface area contributed by atoms with Crippen LogP contribution in [0.3, 0.4) is 0 Å². The number of thiazole rings is 1. The van der Waals surface area contributed by atoms with Crippen LogP contribution in [0.15, 0.2) is 53.4 Å². The van der Waals surface area contributed by atoms with Gasteiger partial charge in [0.1, 0.15) is 0 Å². The molecule has 2 aliphatic rings. The molecule has 0 atom stereocenters. The fourth-order valence-electron chi connectivity index (χ4n) is 4.08. The highest BCUT2D eigenvalue weighted by Crippen LogP contribution is 2.38. The van der Waals surface area contributed by atoms with Crippen LogP contribution in [-0.2, 0) is 21.2 Å². The predicted octanol–water partition coefficient (Wildman–Crippen LogP) is 4.61. The number of amides is 1. The Morgan fingerprint density at radius 2 is 1.94 bits per heavy atom. The summed E-state index contributed by atoms with van der Waals surface area (Å²) in [7, 11) is -3.58. The topological polar surface area (TPSA) is 79.4 Å². The summed E-state index contributed by atoms with van der Waals surface area (Å²) in [6.45, 7) is 2.42. The summed E-state index contributed by atoms with van der Waals surface area (Å²) in [6, 6.07) is 14.3. The fourth-order valence-corrected chi connectivity index (χ4v) is 6.45. The van der Waals surface area contributed by atoms with E-state index in [1.165, 1.54) is 15.6 Å². The summed E-state index contributed by atoms with van der Waals surface area (Å²) < 4.78 is 27.6. The van der Waals surface area contributed by atoms with Gasteiger partial charge in [0.2, 0.25) is 5.91 Å². The van der Waals surface area contributed by atoms with Crippen molar-refractivity contribution in [1.82, 2.24) is 4.98 Å². The molecular formula is C23H23N3O3S2. The highest BCUT2D eigenvalue weighted by atomic mass is 32.2. The van der Waals surface area contributed by atoms with E-state index >= 15 is 0 Å². The molecule has 5 rings (SSSR count). The van der Waals surface area contributed by atoms with E-state index in [0.29, 0.717) is 23.0 Å². The molecule has 2 heterocycles. The number of fused-ring (bicyclic) bond motifs is 1. The van der Waals surface area contributed by atoms with Crippen molar-refractivity contribution in [2.24, 2.45) is 5.92 Å². The van der Waals surface area contributed by atoms with Crippen LogP contribution in [0, 0.1) is 12.8 Å². The lowest BCUT2D eigenvalue weighted by Crippen LogP contribution is -2.29. The molecule has 0 bridgehead atoms. The molecule has 1 aliphatic carbocycles. The molecule has 1 fully saturated rings. The van der Waals surface area contributed by atoms with Gasteiger partial charge in [-0.1, -0.05) is 30.7 Å². The number of nitrogens with zero attached hydrogens (tertiary/aromatic N) is 2. The highest BCUT2D eigenvalue weighted by Gasteiger charge is 2.31. The minimum absolute atomic E-state index is 0.0577. The van der Waals surface area contributed by atoms with E-state index < -0.39 is 10.0 Å². The lowest BCUT2D eigenvalue weighted by atomic mass is 9.85. The van der Waals surface area contributed by atoms with Crippen LogP contribution in [0.5, 0.6) is 0 Å². The maximum atomic E-state index is 13.1. The molecule has 31 heavy (non-hydrogen) atoms. The standard InChI is InChI=1S/C23H23N3O3S2/c1-15-21(24-23(30-15)25-22(27)16-6-5-7-16)18-10-11-20-17(14-18)12-13-26(20)31(28,29)19-8-3-2-4-9-19/h2-4,8-11,14,16H,5-7,12-13H2,1H3,(H,24,25,27). The van der Waals surface area contributed by atoms with E-state index in [4.69, 9.17) is 0 Å². The average Bonchev–Trinajstić information content (AvgIpc) is 3.30. The van der Waals surface area contributed by atoms with Gasteiger partial charge in [-0.15, -0.1) is 11.3 Å². The molecule has 2 aromatic carbocycles. The van der Waals surface area contributed by atoms with E-state index in [0.717, 1.165) is 46.6 Å². The molecule has 1 saturated carbocycles. The Morgan fingerprint density at radius 3 is 2.65 bits per heavy atom. The zero-order chi connectivity index (χ0) is 21.6. The Hall–Kier alpha value is -2.71. The van der Waals surface area contributed by atoms with Crippen LogP contribution in [-0.4, -0.2) is 25.9 Å². The zero-order valence-electron chi connectivity index (χ0n) is 17.2. The summed E-state index contributed by atoms with van der Waals surface area (Å²) in [5, 5.41) is 3.58. The van der Waals surface area contributed by atoms with Gasteiger partial charge in [0.15, 0.2) is 5.13 Å². The molecule has 6 nitrogen and oxygen atoms in total. The summed E-state index contributed by atoms with van der Waals surface area (Å²) >= 11 is 1.48. The number of aryl methyl sites for hydroxylation is 1. The van der Waals surface area contributed by atoms with Crippen LogP contribution in [0.4, 0.5) is 10.8 Å². The predicted molar refractivity (Wildman–Crippen MR) is 123 cm³/mol. The summed E-state index contributed by atoms with van der Waals surface area (Å²) in [6.07, 6.45) is 3.68. The average molecular weight is 454 g/mol. The minimum Gasteiger partial charge on any atom is -0.302 e. The summed E-state index contributed by atoms with van der Waals surface area (Å²) in [4.78, 5) is 18.2. The van der Waals surface area contributed by atoms with Gasteiger partial charge in [0.05, 0.1) is 16.3 Å². The van der Waals surface area contributed by atoms with Crippen LogP contribution < -0.4 is 9.62 Å². The minimum atomic E-state index is -3.58. The maximum absolute atomic E-state index is 13.1. The molecule has 0 spiro atoms. The van der Waals surface area contributed by atoms with Crippen LogP contribution >= 0.6 is 11.3 Å². The SMILES string of the molecule is Cc1sc(NC(=O)C2CCC2)nc1-c1ccc2c(c1)CCN2S(=O)(=O)c1ccccc1. The fraction of sp³-hybridized carbons (Fsp3) is 0.304. The first kappa shape index (κ1) is 20.2. The first-order chi connectivity index (χ1) is 14.9. The van der Waals surface area contributed by atoms with Crippen LogP contribution in [0.1, 0.15) is 29.7 Å². The summed E-state index contributed by atoms with van der Waals surface area (Å²) in [5.74, 6) is 0.174. The van der Waals surface area contributed by atoms with Crippen molar-refractivity contribution in [2.45, 2.75) is 37.5 Å². The number of carbonyl (C=O) groups excluding carboxylic acids is 1. The molecule has 160 valence electrons. The second-order valence-electron chi connectivity index (χ2n) is 8.02. The third kappa shape index (κ3) is 3.64. The lowest BCUT2D eigenvalue weighted by Gasteiger charge is -2.23. The normalized spacial score (nSPS) is 16.1. The van der Waals surface area contributed by atoms with Crippen molar-refractivity contribution in [3.63, 3.8) is 0 Å². The Morgan fingerprint density at radius 1 is 1.16 bits per heavy atom. The van der Waals surface area contributed by atoms with E-state index in [1.54, 1.807) is 24.3 Å².